The zero-order chi connectivity index (χ0) is 14.5. The van der Waals surface area contributed by atoms with Crippen LogP contribution in [0.1, 0.15) is 5.56 Å². The number of hydrogen-bond acceptors (Lipinski definition) is 2. The Hall–Kier alpha value is -2.13. The molecule has 0 bridgehead atoms. The third kappa shape index (κ3) is 3.45. The Morgan fingerprint density at radius 2 is 1.70 bits per heavy atom. The second kappa shape index (κ2) is 6.35. The maximum absolute atomic E-state index is 13.6. The number of hydrogen-bond donors (Lipinski definition) is 0. The van der Waals surface area contributed by atoms with E-state index in [-0.39, 0.29) is 5.71 Å². The smallest absolute Gasteiger partial charge is 0.142 e. The minimum absolute atomic E-state index is 0.187. The normalized spacial score (nSPS) is 11.2. The molecule has 0 radical (unpaired) electrons. The predicted octanol–water partition coefficient (Wildman–Crippen LogP) is 4.95. The van der Waals surface area contributed by atoms with E-state index in [0.29, 0.717) is 16.3 Å². The average Bonchev–Trinajstić information content (AvgIpc) is 2.46. The summed E-state index contributed by atoms with van der Waals surface area (Å²) >= 11 is 5.82. The fourth-order valence-electron chi connectivity index (χ4n) is 1.68. The van der Waals surface area contributed by atoms with E-state index in [1.54, 1.807) is 55.6 Å². The van der Waals surface area contributed by atoms with E-state index >= 15 is 0 Å². The Morgan fingerprint density at radius 3 is 2.20 bits per heavy atom. The molecule has 0 heterocycles. The fraction of sp³-hybridized carbons (Fsp3) is 0.0625. The van der Waals surface area contributed by atoms with Crippen molar-refractivity contribution in [1.29, 1.82) is 0 Å². The van der Waals surface area contributed by atoms with E-state index in [0.717, 1.165) is 5.75 Å². The van der Waals surface area contributed by atoms with Crippen LogP contribution in [-0.2, 0) is 0 Å². The number of benzene rings is 2. The number of nitrogens with zero attached hydrogens (tertiary/aromatic N) is 1. The van der Waals surface area contributed by atoms with Crippen molar-refractivity contribution in [3.63, 3.8) is 0 Å². The molecule has 20 heavy (non-hydrogen) atoms. The maximum Gasteiger partial charge on any atom is 0.142 e. The first-order chi connectivity index (χ1) is 9.60. The van der Waals surface area contributed by atoms with Gasteiger partial charge >= 0.3 is 0 Å². The van der Waals surface area contributed by atoms with Gasteiger partial charge in [0.2, 0.25) is 0 Å². The van der Waals surface area contributed by atoms with Crippen LogP contribution in [0.3, 0.4) is 0 Å². The molecule has 4 heteroatoms. The second-order valence-electron chi connectivity index (χ2n) is 4.07. The standard InChI is InChI=1S/C16H13ClFNO/c1-11(18)16(12-3-5-13(17)6-4-12)19-14-7-9-15(20-2)10-8-14/h3-10H,1H2,2H3. The summed E-state index contributed by atoms with van der Waals surface area (Å²) in [6.07, 6.45) is 0. The molecule has 0 saturated heterocycles. The monoisotopic (exact) mass is 289 g/mol. The van der Waals surface area contributed by atoms with E-state index in [1.165, 1.54) is 0 Å². The van der Waals surface area contributed by atoms with Crippen molar-refractivity contribution in [2.75, 3.05) is 7.11 Å². The number of aliphatic imine (C=N–C) groups is 1. The van der Waals surface area contributed by atoms with Gasteiger partial charge in [-0.3, -0.25) is 0 Å². The van der Waals surface area contributed by atoms with E-state index in [9.17, 15) is 4.39 Å². The highest BCUT2D eigenvalue weighted by Crippen LogP contribution is 2.21. The van der Waals surface area contributed by atoms with Crippen molar-refractivity contribution in [2.45, 2.75) is 0 Å². The molecule has 0 saturated carbocycles. The first-order valence-corrected chi connectivity index (χ1v) is 6.31. The summed E-state index contributed by atoms with van der Waals surface area (Å²) in [5.41, 5.74) is 1.43. The lowest BCUT2D eigenvalue weighted by Gasteiger charge is -2.05. The number of rotatable bonds is 4. The molecule has 0 aromatic heterocycles. The van der Waals surface area contributed by atoms with Gasteiger partial charge in [0.25, 0.3) is 0 Å². The van der Waals surface area contributed by atoms with Crippen LogP contribution in [0.4, 0.5) is 10.1 Å². The molecule has 0 aliphatic heterocycles. The highest BCUT2D eigenvalue weighted by molar-refractivity contribution is 6.30. The van der Waals surface area contributed by atoms with E-state index in [2.05, 4.69) is 11.6 Å². The van der Waals surface area contributed by atoms with Crippen molar-refractivity contribution < 1.29 is 9.13 Å². The van der Waals surface area contributed by atoms with Crippen molar-refractivity contribution in [1.82, 2.24) is 0 Å². The molecule has 0 atom stereocenters. The molecular formula is C16H13ClFNO. The summed E-state index contributed by atoms with van der Waals surface area (Å²) in [6, 6.07) is 13.8. The molecule has 102 valence electrons. The third-order valence-electron chi connectivity index (χ3n) is 2.69. The Labute approximate surface area is 122 Å². The first-order valence-electron chi connectivity index (χ1n) is 5.93. The van der Waals surface area contributed by atoms with Gasteiger partial charge in [-0.05, 0) is 36.4 Å². The second-order valence-corrected chi connectivity index (χ2v) is 4.51. The van der Waals surface area contributed by atoms with Crippen LogP contribution in [0.15, 0.2) is 65.9 Å². The van der Waals surface area contributed by atoms with Gasteiger partial charge in [0.1, 0.15) is 17.3 Å². The molecule has 0 unspecified atom stereocenters. The maximum atomic E-state index is 13.6. The highest BCUT2D eigenvalue weighted by Gasteiger charge is 2.08. The molecule has 0 N–H and O–H groups in total. The Bertz CT molecular complexity index is 633. The zero-order valence-corrected chi connectivity index (χ0v) is 11.7. The molecule has 0 amide bonds. The number of halogens is 2. The number of allylic oxidation sites excluding steroid dienone is 1. The molecule has 2 aromatic rings. The van der Waals surface area contributed by atoms with Crippen LogP contribution >= 0.6 is 11.6 Å². The van der Waals surface area contributed by atoms with Crippen molar-refractivity contribution in [3.8, 4) is 5.75 Å². The minimum atomic E-state index is -0.594. The third-order valence-corrected chi connectivity index (χ3v) is 2.94. The Kier molecular flexibility index (Phi) is 4.53. The SMILES string of the molecule is C=C(F)C(=Nc1ccc(OC)cc1)c1ccc(Cl)cc1. The van der Waals surface area contributed by atoms with Gasteiger partial charge in [-0.2, -0.15) is 0 Å². The van der Waals surface area contributed by atoms with Crippen LogP contribution in [0.2, 0.25) is 5.02 Å². The van der Waals surface area contributed by atoms with Crippen molar-refractivity contribution in [3.05, 3.63) is 71.5 Å². The Morgan fingerprint density at radius 1 is 1.10 bits per heavy atom. The summed E-state index contributed by atoms with van der Waals surface area (Å²) in [4.78, 5) is 4.28. The summed E-state index contributed by atoms with van der Waals surface area (Å²) in [7, 11) is 1.58. The number of ether oxygens (including phenoxy) is 1. The van der Waals surface area contributed by atoms with Crippen LogP contribution in [0.5, 0.6) is 5.75 Å². The lowest BCUT2D eigenvalue weighted by molar-refractivity contribution is 0.415. The summed E-state index contributed by atoms with van der Waals surface area (Å²) in [6.45, 7) is 3.33. The largest absolute Gasteiger partial charge is 0.497 e. The summed E-state index contributed by atoms with van der Waals surface area (Å²) < 4.78 is 18.7. The molecule has 2 rings (SSSR count). The van der Waals surface area contributed by atoms with Crippen LogP contribution in [0.25, 0.3) is 0 Å². The lowest BCUT2D eigenvalue weighted by Crippen LogP contribution is -2.00. The molecule has 0 spiro atoms. The predicted molar refractivity (Wildman–Crippen MR) is 80.9 cm³/mol. The molecular weight excluding hydrogens is 277 g/mol. The van der Waals surface area contributed by atoms with Crippen LogP contribution in [0, 0.1) is 0 Å². The quantitative estimate of drug-likeness (QED) is 0.730. The van der Waals surface area contributed by atoms with Gasteiger partial charge in [0.05, 0.1) is 12.8 Å². The molecule has 2 aromatic carbocycles. The van der Waals surface area contributed by atoms with Crippen molar-refractivity contribution >= 4 is 23.0 Å². The lowest BCUT2D eigenvalue weighted by atomic mass is 10.1. The molecule has 0 fully saturated rings. The van der Waals surface area contributed by atoms with Gasteiger partial charge in [0, 0.05) is 10.6 Å². The highest BCUT2D eigenvalue weighted by atomic mass is 35.5. The van der Waals surface area contributed by atoms with Crippen LogP contribution in [-0.4, -0.2) is 12.8 Å². The van der Waals surface area contributed by atoms with Gasteiger partial charge in [0.15, 0.2) is 0 Å². The molecule has 2 nitrogen and oxygen atoms in total. The molecule has 0 aliphatic carbocycles. The molecule has 0 aliphatic rings. The van der Waals surface area contributed by atoms with Crippen molar-refractivity contribution in [2.24, 2.45) is 4.99 Å². The minimum Gasteiger partial charge on any atom is -0.497 e. The van der Waals surface area contributed by atoms with Gasteiger partial charge in [-0.15, -0.1) is 0 Å². The van der Waals surface area contributed by atoms with Gasteiger partial charge < -0.3 is 4.74 Å². The van der Waals surface area contributed by atoms with Gasteiger partial charge in [-0.1, -0.05) is 30.3 Å². The zero-order valence-electron chi connectivity index (χ0n) is 10.9. The average molecular weight is 290 g/mol. The Balaban J connectivity index is 2.39. The van der Waals surface area contributed by atoms with Gasteiger partial charge in [-0.25, -0.2) is 9.38 Å². The van der Waals surface area contributed by atoms with E-state index < -0.39 is 5.83 Å². The van der Waals surface area contributed by atoms with E-state index in [4.69, 9.17) is 16.3 Å². The summed E-state index contributed by atoms with van der Waals surface area (Å²) in [5.74, 6) is 0.124. The van der Waals surface area contributed by atoms with E-state index in [1.807, 2.05) is 0 Å². The number of methoxy groups -OCH3 is 1. The fourth-order valence-corrected chi connectivity index (χ4v) is 1.80. The summed E-state index contributed by atoms with van der Waals surface area (Å²) in [5, 5.41) is 0.585. The van der Waals surface area contributed by atoms with Crippen LogP contribution < -0.4 is 4.74 Å². The first kappa shape index (κ1) is 14.3. The topological polar surface area (TPSA) is 21.6 Å².